The highest BCUT2D eigenvalue weighted by molar-refractivity contribution is 6.00. The Labute approximate surface area is 205 Å². The lowest BCUT2D eigenvalue weighted by molar-refractivity contribution is -0.138. The Morgan fingerprint density at radius 1 is 1.17 bits per heavy atom. The van der Waals surface area contributed by atoms with Gasteiger partial charge in [0.1, 0.15) is 11.8 Å². The number of para-hydroxylation sites is 2. The fourth-order valence-electron chi connectivity index (χ4n) is 3.44. The summed E-state index contributed by atoms with van der Waals surface area (Å²) in [6.45, 7) is 9.31. The van der Waals surface area contributed by atoms with Gasteiger partial charge < -0.3 is 29.5 Å². The third-order valence-electron chi connectivity index (χ3n) is 5.00. The van der Waals surface area contributed by atoms with Crippen molar-refractivity contribution in [3.63, 3.8) is 0 Å². The highest BCUT2D eigenvalue weighted by Crippen LogP contribution is 2.29. The molecule has 0 saturated carbocycles. The molecule has 3 rings (SSSR count). The molecule has 1 aromatic heterocycles. The standard InChI is InChI=1S/C25H34N4O6/c1-24(2,3)34-15-18(23(31)26-21-11-12-28(27-21)16-25(4,5)32)29-14-17(13-22(29)30)35-20-10-8-7-9-19(20)33-6/h7-13,18,32H,14-16H2,1-6H3,(H,26,27,31). The van der Waals surface area contributed by atoms with Gasteiger partial charge in [0.2, 0.25) is 0 Å². The number of nitrogens with one attached hydrogen (secondary N) is 1. The molecule has 0 bridgehead atoms. The summed E-state index contributed by atoms with van der Waals surface area (Å²) in [6.07, 6.45) is 3.03. The Hall–Kier alpha value is -3.37. The van der Waals surface area contributed by atoms with Gasteiger partial charge in [-0.1, -0.05) is 12.1 Å². The molecule has 2 aromatic rings. The van der Waals surface area contributed by atoms with Gasteiger partial charge in [-0.3, -0.25) is 14.3 Å². The Balaban J connectivity index is 1.74. The number of methoxy groups -OCH3 is 1. The maximum absolute atomic E-state index is 13.3. The number of ether oxygens (including phenoxy) is 3. The first-order valence-corrected chi connectivity index (χ1v) is 11.4. The van der Waals surface area contributed by atoms with Crippen LogP contribution >= 0.6 is 0 Å². The number of benzene rings is 1. The quantitative estimate of drug-likeness (QED) is 0.530. The first-order chi connectivity index (χ1) is 16.3. The number of aromatic nitrogens is 2. The summed E-state index contributed by atoms with van der Waals surface area (Å²) in [6, 6.07) is 7.83. The molecule has 1 aliphatic heterocycles. The Morgan fingerprint density at radius 3 is 2.49 bits per heavy atom. The van der Waals surface area contributed by atoms with E-state index in [1.807, 2.05) is 26.8 Å². The number of hydrogen-bond donors (Lipinski definition) is 2. The molecule has 10 nitrogen and oxygen atoms in total. The number of amides is 2. The average molecular weight is 487 g/mol. The van der Waals surface area contributed by atoms with Gasteiger partial charge in [-0.05, 0) is 46.8 Å². The third kappa shape index (κ3) is 7.56. The van der Waals surface area contributed by atoms with Gasteiger partial charge >= 0.3 is 0 Å². The van der Waals surface area contributed by atoms with Gasteiger partial charge in [0.05, 0.1) is 38.0 Å². The number of hydrogen-bond acceptors (Lipinski definition) is 7. The number of carbonyl (C=O) groups excluding carboxylic acids is 2. The first-order valence-electron chi connectivity index (χ1n) is 11.4. The zero-order valence-electron chi connectivity index (χ0n) is 21.1. The average Bonchev–Trinajstić information content (AvgIpc) is 3.32. The van der Waals surface area contributed by atoms with Gasteiger partial charge in [0.25, 0.3) is 11.8 Å². The largest absolute Gasteiger partial charge is 0.493 e. The zero-order valence-corrected chi connectivity index (χ0v) is 21.1. The minimum Gasteiger partial charge on any atom is -0.493 e. The lowest BCUT2D eigenvalue weighted by Gasteiger charge is -2.30. The molecular formula is C25H34N4O6. The van der Waals surface area contributed by atoms with E-state index in [-0.39, 0.29) is 25.6 Å². The van der Waals surface area contributed by atoms with E-state index in [0.29, 0.717) is 23.1 Å². The van der Waals surface area contributed by atoms with E-state index >= 15 is 0 Å². The fourth-order valence-corrected chi connectivity index (χ4v) is 3.44. The lowest BCUT2D eigenvalue weighted by Crippen LogP contribution is -2.49. The van der Waals surface area contributed by atoms with Crippen molar-refractivity contribution in [2.45, 2.75) is 58.4 Å². The number of carbonyl (C=O) groups is 2. The van der Waals surface area contributed by atoms with Crippen molar-refractivity contribution in [1.82, 2.24) is 14.7 Å². The lowest BCUT2D eigenvalue weighted by atomic mass is 10.1. The topological polar surface area (TPSA) is 115 Å². The van der Waals surface area contributed by atoms with Crippen molar-refractivity contribution < 1.29 is 28.9 Å². The molecule has 2 heterocycles. The van der Waals surface area contributed by atoms with Crippen LogP contribution < -0.4 is 14.8 Å². The SMILES string of the molecule is COc1ccccc1OC1=CC(=O)N(C(COC(C)(C)C)C(=O)Nc2ccn(CC(C)(C)O)n2)C1. The van der Waals surface area contributed by atoms with E-state index < -0.39 is 23.2 Å². The highest BCUT2D eigenvalue weighted by atomic mass is 16.5. The van der Waals surface area contributed by atoms with Crippen LogP contribution in [0.25, 0.3) is 0 Å². The van der Waals surface area contributed by atoms with Crippen LogP contribution in [0.2, 0.25) is 0 Å². The maximum Gasteiger partial charge on any atom is 0.251 e. The summed E-state index contributed by atoms with van der Waals surface area (Å²) < 4.78 is 18.6. The smallest absolute Gasteiger partial charge is 0.251 e. The van der Waals surface area contributed by atoms with Gasteiger partial charge in [-0.2, -0.15) is 5.10 Å². The molecule has 0 saturated heterocycles. The predicted molar refractivity (Wildman–Crippen MR) is 130 cm³/mol. The van der Waals surface area contributed by atoms with Crippen LogP contribution in [0, 0.1) is 0 Å². The Bertz CT molecular complexity index is 1080. The van der Waals surface area contributed by atoms with Crippen LogP contribution in [-0.4, -0.2) is 69.1 Å². The summed E-state index contributed by atoms with van der Waals surface area (Å²) >= 11 is 0. The second-order valence-corrected chi connectivity index (χ2v) is 9.97. The van der Waals surface area contributed by atoms with Gasteiger partial charge in [-0.15, -0.1) is 0 Å². The summed E-state index contributed by atoms with van der Waals surface area (Å²) in [5, 5.41) is 17.0. The molecule has 0 spiro atoms. The van der Waals surface area contributed by atoms with E-state index in [4.69, 9.17) is 14.2 Å². The van der Waals surface area contributed by atoms with E-state index in [2.05, 4.69) is 10.4 Å². The fraction of sp³-hybridized carbons (Fsp3) is 0.480. The number of nitrogens with zero attached hydrogens (tertiary/aromatic N) is 3. The van der Waals surface area contributed by atoms with Crippen LogP contribution in [0.5, 0.6) is 11.5 Å². The monoisotopic (exact) mass is 486 g/mol. The molecule has 1 atom stereocenters. The van der Waals surface area contributed by atoms with Crippen LogP contribution in [0.15, 0.2) is 48.4 Å². The molecule has 1 aliphatic rings. The predicted octanol–water partition coefficient (Wildman–Crippen LogP) is 2.59. The van der Waals surface area contributed by atoms with E-state index in [0.717, 1.165) is 0 Å². The molecule has 2 amide bonds. The second kappa shape index (κ2) is 10.5. The molecule has 0 radical (unpaired) electrons. The molecule has 10 heteroatoms. The van der Waals surface area contributed by atoms with Crippen molar-refractivity contribution in [3.05, 3.63) is 48.4 Å². The summed E-state index contributed by atoms with van der Waals surface area (Å²) in [4.78, 5) is 27.5. The van der Waals surface area contributed by atoms with E-state index in [1.54, 1.807) is 44.3 Å². The van der Waals surface area contributed by atoms with E-state index in [9.17, 15) is 14.7 Å². The summed E-state index contributed by atoms with van der Waals surface area (Å²) in [5.74, 6) is 0.905. The molecule has 1 aromatic carbocycles. The first kappa shape index (κ1) is 26.2. The van der Waals surface area contributed by atoms with Crippen LogP contribution in [-0.2, 0) is 20.9 Å². The molecule has 0 aliphatic carbocycles. The van der Waals surface area contributed by atoms with Gasteiger partial charge in [0, 0.05) is 18.3 Å². The number of rotatable bonds is 10. The second-order valence-electron chi connectivity index (χ2n) is 9.97. The molecule has 35 heavy (non-hydrogen) atoms. The third-order valence-corrected chi connectivity index (χ3v) is 5.00. The number of aliphatic hydroxyl groups is 1. The molecule has 0 fully saturated rings. The maximum atomic E-state index is 13.3. The van der Waals surface area contributed by atoms with Crippen molar-refractivity contribution in [1.29, 1.82) is 0 Å². The molecular weight excluding hydrogens is 452 g/mol. The van der Waals surface area contributed by atoms with Crippen LogP contribution in [0.4, 0.5) is 5.82 Å². The van der Waals surface area contributed by atoms with Crippen molar-refractivity contribution in [2.24, 2.45) is 0 Å². The van der Waals surface area contributed by atoms with Crippen molar-refractivity contribution in [2.75, 3.05) is 25.6 Å². The van der Waals surface area contributed by atoms with Crippen molar-refractivity contribution >= 4 is 17.6 Å². The van der Waals surface area contributed by atoms with Gasteiger partial charge in [0.15, 0.2) is 17.3 Å². The summed E-state index contributed by atoms with van der Waals surface area (Å²) in [7, 11) is 1.54. The van der Waals surface area contributed by atoms with Crippen molar-refractivity contribution in [3.8, 4) is 11.5 Å². The zero-order chi connectivity index (χ0) is 25.8. The Morgan fingerprint density at radius 2 is 1.86 bits per heavy atom. The molecule has 1 unspecified atom stereocenters. The minimum atomic E-state index is -0.956. The molecule has 190 valence electrons. The number of anilines is 1. The highest BCUT2D eigenvalue weighted by Gasteiger charge is 2.36. The molecule has 2 N–H and O–H groups in total. The minimum absolute atomic E-state index is 0.0127. The summed E-state index contributed by atoms with van der Waals surface area (Å²) in [5.41, 5.74) is -1.47. The van der Waals surface area contributed by atoms with Crippen LogP contribution in [0.1, 0.15) is 34.6 Å². The normalized spacial score (nSPS) is 15.1. The van der Waals surface area contributed by atoms with Crippen LogP contribution in [0.3, 0.4) is 0 Å². The van der Waals surface area contributed by atoms with Gasteiger partial charge in [-0.25, -0.2) is 0 Å². The van der Waals surface area contributed by atoms with E-state index in [1.165, 1.54) is 22.8 Å². The Kier molecular flexibility index (Phi) is 7.86.